The van der Waals surface area contributed by atoms with Gasteiger partial charge >= 0.3 is 0 Å². The molecule has 2 aliphatic rings. The van der Waals surface area contributed by atoms with Gasteiger partial charge in [-0.1, -0.05) is 11.3 Å². The summed E-state index contributed by atoms with van der Waals surface area (Å²) in [4.78, 5) is 38.1. The monoisotopic (exact) mass is 429 g/mol. The fourth-order valence-corrected chi connectivity index (χ4v) is 4.91. The van der Waals surface area contributed by atoms with Crippen LogP contribution in [0, 0.1) is 12.8 Å². The van der Waals surface area contributed by atoms with E-state index in [-0.39, 0.29) is 17.9 Å². The number of nitrogens with one attached hydrogen (secondary N) is 1. The molecule has 1 unspecified atom stereocenters. The first-order valence-electron chi connectivity index (χ1n) is 10.1. The van der Waals surface area contributed by atoms with E-state index in [1.54, 1.807) is 19.0 Å². The van der Waals surface area contributed by atoms with E-state index in [0.29, 0.717) is 34.5 Å². The first-order chi connectivity index (χ1) is 14.2. The molecular formula is C21H27N5O3S. The first kappa shape index (κ1) is 20.9. The third kappa shape index (κ3) is 3.73. The molecule has 0 saturated heterocycles. The second kappa shape index (κ2) is 7.72. The molecule has 0 aromatic carbocycles. The molecule has 2 aromatic rings. The van der Waals surface area contributed by atoms with Crippen LogP contribution in [0.15, 0.2) is 6.07 Å². The van der Waals surface area contributed by atoms with Crippen molar-refractivity contribution in [2.75, 3.05) is 19.4 Å². The Morgan fingerprint density at radius 1 is 1.37 bits per heavy atom. The van der Waals surface area contributed by atoms with Gasteiger partial charge in [0, 0.05) is 19.5 Å². The van der Waals surface area contributed by atoms with Crippen LogP contribution in [-0.2, 0) is 11.3 Å². The molecule has 160 valence electrons. The summed E-state index contributed by atoms with van der Waals surface area (Å²) in [5, 5.41) is 14.0. The van der Waals surface area contributed by atoms with E-state index in [1.165, 1.54) is 18.3 Å². The standard InChI is InChI=1S/C21H27N5O3S/c1-10-18(30-21(22-10)23-12(3)27)15-8-14-9-26(11(2)13-6-7-13)19(28)16(14)17(24-15)20(29)25(4)5/h8,11,13,20,29H,6-7,9H2,1-5H3,(H,22,23,27)/t11-,20?/m0/s1. The Morgan fingerprint density at radius 3 is 2.67 bits per heavy atom. The number of anilines is 1. The van der Waals surface area contributed by atoms with Gasteiger partial charge in [0.25, 0.3) is 5.91 Å². The van der Waals surface area contributed by atoms with Crippen LogP contribution < -0.4 is 5.32 Å². The molecule has 0 spiro atoms. The minimum atomic E-state index is -0.998. The minimum Gasteiger partial charge on any atom is -0.372 e. The number of carbonyl (C=O) groups excluding carboxylic acids is 2. The number of thiazole rings is 1. The molecule has 2 amide bonds. The molecule has 9 heteroatoms. The molecule has 2 aromatic heterocycles. The number of amides is 2. The smallest absolute Gasteiger partial charge is 0.256 e. The maximum absolute atomic E-state index is 13.3. The van der Waals surface area contributed by atoms with E-state index in [1.807, 2.05) is 17.9 Å². The Balaban J connectivity index is 1.79. The molecule has 2 N–H and O–H groups in total. The van der Waals surface area contributed by atoms with Gasteiger partial charge in [0.15, 0.2) is 11.4 Å². The Bertz CT molecular complexity index is 1010. The van der Waals surface area contributed by atoms with Crippen LogP contribution in [0.3, 0.4) is 0 Å². The summed E-state index contributed by atoms with van der Waals surface area (Å²) in [5.74, 6) is 0.317. The highest BCUT2D eigenvalue weighted by molar-refractivity contribution is 7.19. The summed E-state index contributed by atoms with van der Waals surface area (Å²) in [6.45, 7) is 5.92. The van der Waals surface area contributed by atoms with Gasteiger partial charge in [0.1, 0.15) is 0 Å². The van der Waals surface area contributed by atoms with Crippen molar-refractivity contribution < 1.29 is 14.7 Å². The summed E-state index contributed by atoms with van der Waals surface area (Å²) in [6, 6.07) is 2.10. The van der Waals surface area contributed by atoms with Gasteiger partial charge in [-0.15, -0.1) is 0 Å². The van der Waals surface area contributed by atoms with Crippen molar-refractivity contribution in [3.63, 3.8) is 0 Å². The highest BCUT2D eigenvalue weighted by Gasteiger charge is 2.41. The molecule has 1 aliphatic carbocycles. The van der Waals surface area contributed by atoms with Gasteiger partial charge in [-0.3, -0.25) is 14.5 Å². The van der Waals surface area contributed by atoms with E-state index in [4.69, 9.17) is 4.98 Å². The molecule has 3 heterocycles. The van der Waals surface area contributed by atoms with Crippen molar-refractivity contribution in [2.45, 2.75) is 52.4 Å². The number of rotatable bonds is 6. The Kier molecular flexibility index (Phi) is 5.37. The number of aliphatic hydroxyl groups is 1. The number of hydrogen-bond acceptors (Lipinski definition) is 7. The lowest BCUT2D eigenvalue weighted by Gasteiger charge is -2.24. The molecule has 4 rings (SSSR count). The topological polar surface area (TPSA) is 98.7 Å². The zero-order chi connectivity index (χ0) is 21.7. The number of aromatic nitrogens is 2. The van der Waals surface area contributed by atoms with Gasteiger partial charge in [-0.05, 0) is 58.3 Å². The Morgan fingerprint density at radius 2 is 2.07 bits per heavy atom. The molecule has 30 heavy (non-hydrogen) atoms. The number of hydrogen-bond donors (Lipinski definition) is 2. The van der Waals surface area contributed by atoms with Crippen molar-refractivity contribution in [1.82, 2.24) is 19.8 Å². The van der Waals surface area contributed by atoms with Crippen LogP contribution >= 0.6 is 11.3 Å². The Hall–Kier alpha value is -2.36. The molecule has 8 nitrogen and oxygen atoms in total. The summed E-state index contributed by atoms with van der Waals surface area (Å²) < 4.78 is 0. The zero-order valence-corrected chi connectivity index (χ0v) is 18.7. The summed E-state index contributed by atoms with van der Waals surface area (Å²) in [7, 11) is 3.50. The van der Waals surface area contributed by atoms with Crippen molar-refractivity contribution in [2.24, 2.45) is 5.92 Å². The largest absolute Gasteiger partial charge is 0.372 e. The predicted molar refractivity (Wildman–Crippen MR) is 115 cm³/mol. The zero-order valence-electron chi connectivity index (χ0n) is 17.9. The lowest BCUT2D eigenvalue weighted by Crippen LogP contribution is -2.35. The van der Waals surface area contributed by atoms with Crippen molar-refractivity contribution in [3.05, 3.63) is 28.6 Å². The van der Waals surface area contributed by atoms with E-state index < -0.39 is 6.23 Å². The van der Waals surface area contributed by atoms with Gasteiger partial charge in [0.2, 0.25) is 5.91 Å². The van der Waals surface area contributed by atoms with Crippen LogP contribution in [0.5, 0.6) is 0 Å². The summed E-state index contributed by atoms with van der Waals surface area (Å²) in [5.41, 5.74) is 3.16. The van der Waals surface area contributed by atoms with Crippen molar-refractivity contribution in [1.29, 1.82) is 0 Å². The second-order valence-corrected chi connectivity index (χ2v) is 9.39. The van der Waals surface area contributed by atoms with Gasteiger partial charge in [-0.25, -0.2) is 9.97 Å². The van der Waals surface area contributed by atoms with Crippen LogP contribution in [-0.4, -0.2) is 56.8 Å². The van der Waals surface area contributed by atoms with Crippen LogP contribution in [0.1, 0.15) is 60.2 Å². The lowest BCUT2D eigenvalue weighted by molar-refractivity contribution is -0.114. The van der Waals surface area contributed by atoms with Crippen LogP contribution in [0.4, 0.5) is 5.13 Å². The highest BCUT2D eigenvalue weighted by atomic mass is 32.1. The van der Waals surface area contributed by atoms with E-state index >= 15 is 0 Å². The molecule has 1 saturated carbocycles. The van der Waals surface area contributed by atoms with Crippen molar-refractivity contribution >= 4 is 28.3 Å². The number of nitrogens with zero attached hydrogens (tertiary/aromatic N) is 4. The van der Waals surface area contributed by atoms with Gasteiger partial charge in [0.05, 0.1) is 27.5 Å². The first-order valence-corrected chi connectivity index (χ1v) is 10.9. The minimum absolute atomic E-state index is 0.0562. The number of pyridine rings is 1. The number of aryl methyl sites for hydroxylation is 1. The van der Waals surface area contributed by atoms with Gasteiger partial charge < -0.3 is 15.3 Å². The maximum atomic E-state index is 13.3. The van der Waals surface area contributed by atoms with Crippen LogP contribution in [0.25, 0.3) is 10.6 Å². The molecule has 1 fully saturated rings. The fraction of sp³-hybridized carbons (Fsp3) is 0.524. The van der Waals surface area contributed by atoms with E-state index in [2.05, 4.69) is 17.2 Å². The normalized spacial score (nSPS) is 18.0. The quantitative estimate of drug-likeness (QED) is 0.685. The Labute approximate surface area is 179 Å². The summed E-state index contributed by atoms with van der Waals surface area (Å²) >= 11 is 1.34. The van der Waals surface area contributed by atoms with E-state index in [9.17, 15) is 14.7 Å². The third-order valence-electron chi connectivity index (χ3n) is 5.79. The fourth-order valence-electron chi connectivity index (χ4n) is 3.94. The highest BCUT2D eigenvalue weighted by Crippen LogP contribution is 2.41. The average Bonchev–Trinajstić information content (AvgIpc) is 3.39. The number of fused-ring (bicyclic) bond motifs is 1. The molecule has 2 atom stereocenters. The number of carbonyl (C=O) groups is 2. The summed E-state index contributed by atoms with van der Waals surface area (Å²) in [6.07, 6.45) is 1.32. The van der Waals surface area contributed by atoms with E-state index in [0.717, 1.165) is 29.0 Å². The average molecular weight is 430 g/mol. The molecule has 1 aliphatic heterocycles. The molecular weight excluding hydrogens is 402 g/mol. The second-order valence-electron chi connectivity index (χ2n) is 8.39. The molecule has 0 bridgehead atoms. The van der Waals surface area contributed by atoms with Crippen molar-refractivity contribution in [3.8, 4) is 10.6 Å². The maximum Gasteiger partial charge on any atom is 0.256 e. The third-order valence-corrected chi connectivity index (χ3v) is 6.88. The predicted octanol–water partition coefficient (Wildman–Crippen LogP) is 2.78. The molecule has 0 radical (unpaired) electrons. The van der Waals surface area contributed by atoms with Gasteiger partial charge in [-0.2, -0.15) is 0 Å². The number of aliphatic hydroxyl groups excluding tert-OH is 1. The lowest BCUT2D eigenvalue weighted by atomic mass is 10.0. The SMILES string of the molecule is CC(=O)Nc1nc(C)c(-c2cc3c(c(C(O)N(C)C)n2)C(=O)N([C@@H](C)C2CC2)C3)s1. The van der Waals surface area contributed by atoms with Crippen LogP contribution in [0.2, 0.25) is 0 Å².